The Morgan fingerprint density at radius 3 is 2.85 bits per heavy atom. The maximum Gasteiger partial charge on any atom is 0.401 e. The summed E-state index contributed by atoms with van der Waals surface area (Å²) in [5.41, 5.74) is 0. The van der Waals surface area contributed by atoms with Gasteiger partial charge in [-0.3, -0.25) is 9.89 Å². The molecule has 150 valence electrons. The summed E-state index contributed by atoms with van der Waals surface area (Å²) in [4.78, 5) is 9.56. The van der Waals surface area contributed by atoms with Crippen LogP contribution in [0.5, 0.6) is 0 Å². The average Bonchev–Trinajstić information content (AvgIpc) is 3.19. The topological polar surface area (TPSA) is 30.9 Å². The Labute approximate surface area is 174 Å². The van der Waals surface area contributed by atoms with Gasteiger partial charge in [-0.1, -0.05) is 6.07 Å². The molecule has 2 rings (SSSR count). The van der Waals surface area contributed by atoms with Crippen LogP contribution in [0.25, 0.3) is 0 Å². The van der Waals surface area contributed by atoms with Gasteiger partial charge in [0.05, 0.1) is 6.54 Å². The van der Waals surface area contributed by atoms with E-state index in [0.717, 1.165) is 31.9 Å². The van der Waals surface area contributed by atoms with Crippen molar-refractivity contribution in [1.82, 2.24) is 15.1 Å². The Bertz CT molecular complexity index is 537. The molecule has 1 fully saturated rings. The van der Waals surface area contributed by atoms with E-state index in [4.69, 9.17) is 0 Å². The number of halogens is 4. The lowest BCUT2D eigenvalue weighted by Gasteiger charge is -2.22. The van der Waals surface area contributed by atoms with Crippen molar-refractivity contribution in [3.05, 3.63) is 22.4 Å². The first kappa shape index (κ1) is 23.5. The maximum absolute atomic E-state index is 12.5. The molecular weight excluding hydrogens is 476 g/mol. The summed E-state index contributed by atoms with van der Waals surface area (Å²) in [6.07, 6.45) is -2.38. The number of aliphatic imine (C=N–C) groups is 1. The molecule has 1 aromatic heterocycles. The molecule has 0 saturated carbocycles. The lowest BCUT2D eigenvalue weighted by molar-refractivity contribution is -0.143. The molecule has 1 N–H and O–H groups in total. The van der Waals surface area contributed by atoms with Crippen molar-refractivity contribution in [2.24, 2.45) is 10.9 Å². The number of likely N-dealkylation sites (tertiary alicyclic amines) is 1. The number of nitrogens with one attached hydrogen (secondary N) is 1. The molecule has 4 nitrogen and oxygen atoms in total. The zero-order valence-corrected chi connectivity index (χ0v) is 18.4. The molecule has 0 bridgehead atoms. The summed E-state index contributed by atoms with van der Waals surface area (Å²) >= 11 is 1.74. The van der Waals surface area contributed by atoms with Crippen LogP contribution < -0.4 is 5.32 Å². The van der Waals surface area contributed by atoms with Gasteiger partial charge >= 0.3 is 6.18 Å². The van der Waals surface area contributed by atoms with Crippen molar-refractivity contribution in [3.63, 3.8) is 0 Å². The Kier molecular flexibility index (Phi) is 10.2. The number of hydrogen-bond donors (Lipinski definition) is 1. The molecule has 1 atom stereocenters. The molecule has 9 heteroatoms. The highest BCUT2D eigenvalue weighted by atomic mass is 127. The predicted octanol–water partition coefficient (Wildman–Crippen LogP) is 3.69. The fraction of sp³-hybridized carbons (Fsp3) is 0.706. The summed E-state index contributed by atoms with van der Waals surface area (Å²) in [5.74, 6) is 1.02. The van der Waals surface area contributed by atoms with Crippen molar-refractivity contribution in [2.75, 3.05) is 46.3 Å². The zero-order chi connectivity index (χ0) is 18.3. The number of alkyl halides is 3. The Morgan fingerprint density at radius 1 is 1.46 bits per heavy atom. The monoisotopic (exact) mass is 504 g/mol. The fourth-order valence-corrected chi connectivity index (χ4v) is 3.68. The largest absolute Gasteiger partial charge is 0.401 e. The van der Waals surface area contributed by atoms with Crippen LogP contribution in [0.3, 0.4) is 0 Å². The van der Waals surface area contributed by atoms with Gasteiger partial charge in [-0.05, 0) is 43.7 Å². The van der Waals surface area contributed by atoms with Gasteiger partial charge in [-0.15, -0.1) is 35.3 Å². The van der Waals surface area contributed by atoms with E-state index in [-0.39, 0.29) is 29.9 Å². The lowest BCUT2D eigenvalue weighted by Crippen LogP contribution is -2.40. The standard InChI is InChI=1S/C17H27F3N4S.HI/c1-3-21-16(23(2)8-7-15-5-4-10-25-15)22-11-14-6-9-24(12-14)13-17(18,19)20;/h4-5,10,14H,3,6-9,11-13H2,1-2H3,(H,21,22);1H. The third-order valence-corrected chi connectivity index (χ3v) is 5.18. The van der Waals surface area contributed by atoms with Crippen LogP contribution in [-0.4, -0.2) is 68.3 Å². The zero-order valence-electron chi connectivity index (χ0n) is 15.3. The van der Waals surface area contributed by atoms with Gasteiger partial charge in [-0.25, -0.2) is 0 Å². The lowest BCUT2D eigenvalue weighted by atomic mass is 10.1. The molecule has 0 aromatic carbocycles. The number of likely N-dealkylation sites (N-methyl/N-ethyl adjacent to an activating group) is 1. The molecule has 1 unspecified atom stereocenters. The van der Waals surface area contributed by atoms with E-state index in [2.05, 4.69) is 26.7 Å². The number of hydrogen-bond acceptors (Lipinski definition) is 3. The van der Waals surface area contributed by atoms with Crippen LogP contribution >= 0.6 is 35.3 Å². The Morgan fingerprint density at radius 2 is 2.23 bits per heavy atom. The van der Waals surface area contributed by atoms with Gasteiger partial charge in [0.1, 0.15) is 0 Å². The molecule has 0 aliphatic carbocycles. The first-order valence-corrected chi connectivity index (χ1v) is 9.56. The minimum absolute atomic E-state index is 0. The Balaban J connectivity index is 0.00000338. The van der Waals surface area contributed by atoms with E-state index < -0.39 is 12.7 Å². The van der Waals surface area contributed by atoms with Crippen LogP contribution in [0, 0.1) is 5.92 Å². The van der Waals surface area contributed by atoms with Crippen LogP contribution in [0.1, 0.15) is 18.2 Å². The predicted molar refractivity (Wildman–Crippen MR) is 113 cm³/mol. The van der Waals surface area contributed by atoms with Crippen molar-refractivity contribution < 1.29 is 13.2 Å². The number of nitrogens with zero attached hydrogens (tertiary/aromatic N) is 3. The highest BCUT2D eigenvalue weighted by Crippen LogP contribution is 2.22. The van der Waals surface area contributed by atoms with Crippen LogP contribution in [0.2, 0.25) is 0 Å². The minimum Gasteiger partial charge on any atom is -0.357 e. The summed E-state index contributed by atoms with van der Waals surface area (Å²) in [5, 5.41) is 5.34. The molecule has 0 amide bonds. The second-order valence-electron chi connectivity index (χ2n) is 6.45. The van der Waals surface area contributed by atoms with Crippen LogP contribution in [-0.2, 0) is 6.42 Å². The summed E-state index contributed by atoms with van der Waals surface area (Å²) < 4.78 is 37.4. The smallest absolute Gasteiger partial charge is 0.357 e. The molecule has 1 aliphatic rings. The molecule has 0 radical (unpaired) electrons. The van der Waals surface area contributed by atoms with Gasteiger partial charge in [0.25, 0.3) is 0 Å². The number of thiophene rings is 1. The van der Waals surface area contributed by atoms with E-state index in [1.807, 2.05) is 20.0 Å². The third-order valence-electron chi connectivity index (χ3n) is 4.24. The SMILES string of the molecule is CCNC(=NCC1CCN(CC(F)(F)F)C1)N(C)CCc1cccs1.I. The maximum atomic E-state index is 12.5. The van der Waals surface area contributed by atoms with Crippen LogP contribution in [0.4, 0.5) is 13.2 Å². The van der Waals surface area contributed by atoms with Gasteiger partial charge in [0.15, 0.2) is 5.96 Å². The third kappa shape index (κ3) is 8.43. The second kappa shape index (κ2) is 11.3. The van der Waals surface area contributed by atoms with Gasteiger partial charge in [0, 0.05) is 38.1 Å². The normalized spacial score (nSPS) is 18.7. The van der Waals surface area contributed by atoms with Gasteiger partial charge in [0.2, 0.25) is 0 Å². The summed E-state index contributed by atoms with van der Waals surface area (Å²) in [7, 11) is 2.00. The second-order valence-corrected chi connectivity index (χ2v) is 7.48. The van der Waals surface area contributed by atoms with Crippen molar-refractivity contribution in [2.45, 2.75) is 25.9 Å². The molecule has 2 heterocycles. The van der Waals surface area contributed by atoms with E-state index >= 15 is 0 Å². The van der Waals surface area contributed by atoms with E-state index in [0.29, 0.717) is 19.6 Å². The van der Waals surface area contributed by atoms with Crippen molar-refractivity contribution in [1.29, 1.82) is 0 Å². The Hall–Kier alpha value is -0.550. The summed E-state index contributed by atoms with van der Waals surface area (Å²) in [6.45, 7) is 4.38. The fourth-order valence-electron chi connectivity index (χ4n) is 2.98. The first-order valence-electron chi connectivity index (χ1n) is 8.68. The molecular formula is C17H28F3IN4S. The van der Waals surface area contributed by atoms with Crippen molar-refractivity contribution >= 4 is 41.3 Å². The van der Waals surface area contributed by atoms with Crippen molar-refractivity contribution in [3.8, 4) is 0 Å². The number of rotatable bonds is 7. The van der Waals surface area contributed by atoms with E-state index in [9.17, 15) is 13.2 Å². The van der Waals surface area contributed by atoms with Crippen LogP contribution in [0.15, 0.2) is 22.5 Å². The first-order chi connectivity index (χ1) is 11.9. The highest BCUT2D eigenvalue weighted by Gasteiger charge is 2.34. The molecule has 1 aliphatic heterocycles. The van der Waals surface area contributed by atoms with E-state index in [1.54, 1.807) is 11.3 Å². The minimum atomic E-state index is -4.12. The number of guanidine groups is 1. The van der Waals surface area contributed by atoms with E-state index in [1.165, 1.54) is 9.78 Å². The quantitative estimate of drug-likeness (QED) is 0.349. The average molecular weight is 504 g/mol. The molecule has 1 aromatic rings. The summed E-state index contributed by atoms with van der Waals surface area (Å²) in [6, 6.07) is 4.17. The molecule has 1 saturated heterocycles. The van der Waals surface area contributed by atoms with Gasteiger partial charge in [-0.2, -0.15) is 13.2 Å². The van der Waals surface area contributed by atoms with Gasteiger partial charge < -0.3 is 10.2 Å². The highest BCUT2D eigenvalue weighted by molar-refractivity contribution is 14.0. The molecule has 0 spiro atoms. The molecule has 26 heavy (non-hydrogen) atoms.